The van der Waals surface area contributed by atoms with Gasteiger partial charge in [0.25, 0.3) is 11.8 Å². The molecule has 5 atom stereocenters. The monoisotopic (exact) mass is 383 g/mol. The zero-order valence-electron chi connectivity index (χ0n) is 15.6. The number of carbonyl (C=O) groups is 4. The van der Waals surface area contributed by atoms with Gasteiger partial charge in [0.1, 0.15) is 0 Å². The van der Waals surface area contributed by atoms with E-state index in [-0.39, 0.29) is 23.5 Å². The van der Waals surface area contributed by atoms with Crippen LogP contribution in [0, 0.1) is 29.6 Å². The molecule has 5 unspecified atom stereocenters. The van der Waals surface area contributed by atoms with Gasteiger partial charge in [0.05, 0.1) is 11.8 Å². The molecule has 7 nitrogen and oxygen atoms in total. The molecule has 1 saturated carbocycles. The number of Topliss-reactive ketones (excluding diaryl/α,β-unsaturated/α-hetero) is 1. The van der Waals surface area contributed by atoms with Crippen molar-refractivity contribution in [2.75, 3.05) is 0 Å². The predicted octanol–water partition coefficient (Wildman–Crippen LogP) is 2.77. The summed E-state index contributed by atoms with van der Waals surface area (Å²) < 4.78 is 5.21. The highest BCUT2D eigenvalue weighted by atomic mass is 16.8. The molecule has 7 heteroatoms. The standard InChI is InChI=1S/C21H21NO6/c1-11(2)18(17(23)12-6-4-3-5-7-12)27-21(26)28-22-19(24)15-13-8-9-14(10-13)16(15)20(22)25/h3-9,11,13-16,18H,10H2,1-2H3. The second-order valence-corrected chi connectivity index (χ2v) is 7.82. The maximum Gasteiger partial charge on any atom is 0.534 e. The number of amides is 2. The average Bonchev–Trinajstić information content (AvgIpc) is 3.36. The molecular weight excluding hydrogens is 362 g/mol. The van der Waals surface area contributed by atoms with Crippen LogP contribution in [0.4, 0.5) is 4.79 Å². The van der Waals surface area contributed by atoms with Gasteiger partial charge in [-0.25, -0.2) is 4.79 Å². The fourth-order valence-electron chi connectivity index (χ4n) is 4.42. The number of imide groups is 1. The van der Waals surface area contributed by atoms with Crippen LogP contribution in [-0.2, 0) is 19.2 Å². The van der Waals surface area contributed by atoms with Crippen molar-refractivity contribution in [3.05, 3.63) is 48.0 Å². The summed E-state index contributed by atoms with van der Waals surface area (Å²) in [4.78, 5) is 55.0. The Morgan fingerprint density at radius 2 is 1.57 bits per heavy atom. The third-order valence-electron chi connectivity index (χ3n) is 5.74. The van der Waals surface area contributed by atoms with Gasteiger partial charge in [-0.2, -0.15) is 0 Å². The molecule has 1 saturated heterocycles. The molecular formula is C21H21NO6. The van der Waals surface area contributed by atoms with Crippen molar-refractivity contribution in [3.8, 4) is 0 Å². The molecule has 1 heterocycles. The fraction of sp³-hybridized carbons (Fsp3) is 0.429. The number of nitrogens with zero attached hydrogens (tertiary/aromatic N) is 1. The van der Waals surface area contributed by atoms with E-state index in [4.69, 9.17) is 9.57 Å². The quantitative estimate of drug-likeness (QED) is 0.336. The van der Waals surface area contributed by atoms with Crippen molar-refractivity contribution in [2.45, 2.75) is 26.4 Å². The summed E-state index contributed by atoms with van der Waals surface area (Å²) in [6.45, 7) is 3.47. The van der Waals surface area contributed by atoms with Gasteiger partial charge < -0.3 is 4.74 Å². The van der Waals surface area contributed by atoms with Gasteiger partial charge in [-0.1, -0.05) is 61.4 Å². The van der Waals surface area contributed by atoms with Crippen molar-refractivity contribution in [2.24, 2.45) is 29.6 Å². The first-order valence-corrected chi connectivity index (χ1v) is 9.42. The average molecular weight is 383 g/mol. The number of allylic oxidation sites excluding steroid dienone is 2. The largest absolute Gasteiger partial charge is 0.534 e. The Morgan fingerprint density at radius 1 is 1.00 bits per heavy atom. The number of rotatable bonds is 5. The minimum atomic E-state index is -1.23. The fourth-order valence-corrected chi connectivity index (χ4v) is 4.42. The lowest BCUT2D eigenvalue weighted by Gasteiger charge is -2.21. The van der Waals surface area contributed by atoms with Crippen molar-refractivity contribution >= 4 is 23.8 Å². The van der Waals surface area contributed by atoms with Crippen LogP contribution in [0.3, 0.4) is 0 Å². The van der Waals surface area contributed by atoms with E-state index in [1.807, 2.05) is 12.2 Å². The van der Waals surface area contributed by atoms with Crippen LogP contribution < -0.4 is 0 Å². The SMILES string of the molecule is CC(C)C(OC(=O)ON1C(=O)C2C3C=CC(C3)C2C1=O)C(=O)c1ccccc1. The number of hydrogen-bond donors (Lipinski definition) is 0. The smallest absolute Gasteiger partial charge is 0.421 e. The van der Waals surface area contributed by atoms with Gasteiger partial charge in [-0.15, -0.1) is 0 Å². The zero-order chi connectivity index (χ0) is 20.0. The molecule has 0 radical (unpaired) electrons. The van der Waals surface area contributed by atoms with Crippen molar-refractivity contribution < 1.29 is 28.8 Å². The lowest BCUT2D eigenvalue weighted by atomic mass is 9.85. The third-order valence-corrected chi connectivity index (χ3v) is 5.74. The number of ketones is 1. The molecule has 1 aliphatic heterocycles. The van der Waals surface area contributed by atoms with E-state index < -0.39 is 35.9 Å². The summed E-state index contributed by atoms with van der Waals surface area (Å²) in [5.41, 5.74) is 0.402. The first kappa shape index (κ1) is 18.4. The van der Waals surface area contributed by atoms with Gasteiger partial charge in [-0.05, 0) is 24.2 Å². The lowest BCUT2D eigenvalue weighted by molar-refractivity contribution is -0.181. The number of carbonyl (C=O) groups excluding carboxylic acids is 4. The Hall–Kier alpha value is -2.96. The molecule has 1 aromatic carbocycles. The topological polar surface area (TPSA) is 90.0 Å². The molecule has 0 aromatic heterocycles. The summed E-state index contributed by atoms with van der Waals surface area (Å²) >= 11 is 0. The van der Waals surface area contributed by atoms with Crippen molar-refractivity contribution in [1.82, 2.24) is 5.06 Å². The zero-order valence-corrected chi connectivity index (χ0v) is 15.6. The molecule has 0 spiro atoms. The molecule has 3 aliphatic rings. The first-order valence-electron chi connectivity index (χ1n) is 9.42. The van der Waals surface area contributed by atoms with E-state index in [1.54, 1.807) is 44.2 Å². The number of benzene rings is 1. The Bertz CT molecular complexity index is 831. The maximum atomic E-state index is 12.7. The van der Waals surface area contributed by atoms with Gasteiger partial charge in [0, 0.05) is 5.56 Å². The normalized spacial score (nSPS) is 28.6. The van der Waals surface area contributed by atoms with Gasteiger partial charge in [0.15, 0.2) is 6.10 Å². The number of hydroxylamine groups is 2. The minimum Gasteiger partial charge on any atom is -0.421 e. The van der Waals surface area contributed by atoms with Crippen LogP contribution in [0.2, 0.25) is 0 Å². The highest BCUT2D eigenvalue weighted by Crippen LogP contribution is 2.52. The number of hydrogen-bond acceptors (Lipinski definition) is 6. The Morgan fingerprint density at radius 3 is 2.11 bits per heavy atom. The van der Waals surface area contributed by atoms with Crippen LogP contribution in [0.5, 0.6) is 0 Å². The summed E-state index contributed by atoms with van der Waals surface area (Å²) in [7, 11) is 0. The number of fused-ring (bicyclic) bond motifs is 5. The van der Waals surface area contributed by atoms with E-state index in [2.05, 4.69) is 0 Å². The molecule has 2 amide bonds. The highest BCUT2D eigenvalue weighted by molar-refractivity contribution is 6.06. The minimum absolute atomic E-state index is 0.0131. The van der Waals surface area contributed by atoms with E-state index in [0.717, 1.165) is 6.42 Å². The molecule has 2 fully saturated rings. The van der Waals surface area contributed by atoms with E-state index >= 15 is 0 Å². The van der Waals surface area contributed by atoms with Gasteiger partial charge in [0.2, 0.25) is 5.78 Å². The lowest BCUT2D eigenvalue weighted by Crippen LogP contribution is -2.39. The maximum absolute atomic E-state index is 12.7. The molecule has 2 aliphatic carbocycles. The van der Waals surface area contributed by atoms with Crippen LogP contribution in [0.15, 0.2) is 42.5 Å². The van der Waals surface area contributed by atoms with Crippen molar-refractivity contribution in [1.29, 1.82) is 0 Å². The first-order chi connectivity index (χ1) is 13.4. The summed E-state index contributed by atoms with van der Waals surface area (Å²) in [5, 5.41) is 0.522. The molecule has 0 N–H and O–H groups in total. The molecule has 2 bridgehead atoms. The van der Waals surface area contributed by atoms with E-state index in [1.165, 1.54) is 0 Å². The second kappa shape index (κ2) is 6.89. The van der Waals surface area contributed by atoms with Gasteiger partial charge in [-0.3, -0.25) is 19.2 Å². The molecule has 146 valence electrons. The number of ether oxygens (including phenoxy) is 1. The Kier molecular flexibility index (Phi) is 4.53. The highest BCUT2D eigenvalue weighted by Gasteiger charge is 2.61. The predicted molar refractivity (Wildman–Crippen MR) is 96.5 cm³/mol. The summed E-state index contributed by atoms with van der Waals surface area (Å²) in [6.07, 6.45) is 2.37. The summed E-state index contributed by atoms with van der Waals surface area (Å²) in [6, 6.07) is 8.46. The third kappa shape index (κ3) is 2.91. The van der Waals surface area contributed by atoms with Crippen LogP contribution >= 0.6 is 0 Å². The van der Waals surface area contributed by atoms with Crippen LogP contribution in [0.1, 0.15) is 30.6 Å². The molecule has 4 rings (SSSR count). The Balaban J connectivity index is 1.44. The second-order valence-electron chi connectivity index (χ2n) is 7.82. The van der Waals surface area contributed by atoms with E-state index in [9.17, 15) is 19.2 Å². The van der Waals surface area contributed by atoms with E-state index in [0.29, 0.717) is 10.6 Å². The Labute approximate surface area is 162 Å². The van der Waals surface area contributed by atoms with Crippen LogP contribution in [0.25, 0.3) is 0 Å². The van der Waals surface area contributed by atoms with Gasteiger partial charge >= 0.3 is 6.16 Å². The van der Waals surface area contributed by atoms with Crippen molar-refractivity contribution in [3.63, 3.8) is 0 Å². The molecule has 1 aromatic rings. The summed E-state index contributed by atoms with van der Waals surface area (Å²) in [5.74, 6) is -2.63. The van der Waals surface area contributed by atoms with Crippen LogP contribution in [-0.4, -0.2) is 34.9 Å². The molecule has 28 heavy (non-hydrogen) atoms.